The lowest BCUT2D eigenvalue weighted by Crippen LogP contribution is -2.17. The molecule has 4 heteroatoms. The highest BCUT2D eigenvalue weighted by molar-refractivity contribution is 9.09. The summed E-state index contributed by atoms with van der Waals surface area (Å²) in [5.74, 6) is 0.569. The zero-order chi connectivity index (χ0) is 10.6. The number of rotatable bonds is 5. The molecule has 0 aromatic carbocycles. The molecule has 0 aliphatic carbocycles. The zero-order valence-corrected chi connectivity index (χ0v) is 10.8. The molecule has 2 nitrogen and oxygen atoms in total. The van der Waals surface area contributed by atoms with Gasteiger partial charge < -0.3 is 0 Å². The summed E-state index contributed by atoms with van der Waals surface area (Å²) in [6, 6.07) is 2.01. The van der Waals surface area contributed by atoms with Crippen LogP contribution in [0.1, 0.15) is 26.0 Å². The summed E-state index contributed by atoms with van der Waals surface area (Å²) in [5.41, 5.74) is 1.10. The molecule has 0 radical (unpaired) electrons. The van der Waals surface area contributed by atoms with Crippen LogP contribution in [0.15, 0.2) is 12.3 Å². The molecule has 0 amide bonds. The van der Waals surface area contributed by atoms with E-state index in [0.717, 1.165) is 18.5 Å². The molecule has 0 fully saturated rings. The molecule has 1 heterocycles. The molecule has 0 aliphatic heterocycles. The summed E-state index contributed by atoms with van der Waals surface area (Å²) in [4.78, 5) is 0.451. The Labute approximate surface area is 98.6 Å². The third-order valence-corrected chi connectivity index (χ3v) is 3.68. The maximum atomic E-state index is 5.96. The van der Waals surface area contributed by atoms with E-state index < -0.39 is 0 Å². The van der Waals surface area contributed by atoms with Gasteiger partial charge in [0, 0.05) is 22.8 Å². The molecule has 1 aromatic rings. The van der Waals surface area contributed by atoms with Gasteiger partial charge in [-0.2, -0.15) is 5.10 Å². The smallest absolute Gasteiger partial charge is 0.0633 e. The van der Waals surface area contributed by atoms with E-state index in [1.165, 1.54) is 0 Å². The highest BCUT2D eigenvalue weighted by Gasteiger charge is 2.17. The molecule has 14 heavy (non-hydrogen) atoms. The molecule has 0 aliphatic rings. The molecular formula is C10H16BrClN2. The van der Waals surface area contributed by atoms with Crippen LogP contribution in [-0.2, 0) is 6.42 Å². The number of aromatic amines is 1. The topological polar surface area (TPSA) is 28.7 Å². The van der Waals surface area contributed by atoms with Gasteiger partial charge in [0.2, 0.25) is 0 Å². The van der Waals surface area contributed by atoms with Crippen LogP contribution < -0.4 is 0 Å². The van der Waals surface area contributed by atoms with Gasteiger partial charge in [0.25, 0.3) is 0 Å². The van der Waals surface area contributed by atoms with Crippen molar-refractivity contribution in [2.45, 2.75) is 36.9 Å². The summed E-state index contributed by atoms with van der Waals surface area (Å²) in [6.45, 7) is 4.25. The van der Waals surface area contributed by atoms with E-state index in [2.05, 4.69) is 33.1 Å². The Morgan fingerprint density at radius 1 is 1.57 bits per heavy atom. The first-order chi connectivity index (χ1) is 6.59. The minimum absolute atomic E-state index is 0.240. The zero-order valence-electron chi connectivity index (χ0n) is 8.50. The van der Waals surface area contributed by atoms with Crippen molar-refractivity contribution in [2.75, 3.05) is 0 Å². The highest BCUT2D eigenvalue weighted by Crippen LogP contribution is 2.22. The highest BCUT2D eigenvalue weighted by atomic mass is 79.9. The average Bonchev–Trinajstić information content (AvgIpc) is 2.55. The van der Waals surface area contributed by atoms with Crippen molar-refractivity contribution in [1.82, 2.24) is 10.2 Å². The van der Waals surface area contributed by atoms with Crippen molar-refractivity contribution >= 4 is 27.5 Å². The van der Waals surface area contributed by atoms with E-state index >= 15 is 0 Å². The molecule has 3 unspecified atom stereocenters. The van der Waals surface area contributed by atoms with Crippen LogP contribution in [0.2, 0.25) is 0 Å². The van der Waals surface area contributed by atoms with E-state index in [-0.39, 0.29) is 5.38 Å². The van der Waals surface area contributed by atoms with Crippen LogP contribution in [0.5, 0.6) is 0 Å². The summed E-state index contributed by atoms with van der Waals surface area (Å²) in [7, 11) is 0. The SMILES string of the molecule is CC(Cl)CC(C)C(Br)Cc1cc[nH]n1. The monoisotopic (exact) mass is 278 g/mol. The number of aromatic nitrogens is 2. The van der Waals surface area contributed by atoms with Crippen LogP contribution >= 0.6 is 27.5 Å². The van der Waals surface area contributed by atoms with Crippen LogP contribution in [0.25, 0.3) is 0 Å². The van der Waals surface area contributed by atoms with E-state index in [9.17, 15) is 0 Å². The number of nitrogens with zero attached hydrogens (tertiary/aromatic N) is 1. The average molecular weight is 280 g/mol. The van der Waals surface area contributed by atoms with E-state index in [1.807, 2.05) is 19.2 Å². The summed E-state index contributed by atoms with van der Waals surface area (Å²) in [5, 5.41) is 7.19. The van der Waals surface area contributed by atoms with Crippen LogP contribution in [0.4, 0.5) is 0 Å². The number of hydrogen-bond acceptors (Lipinski definition) is 1. The van der Waals surface area contributed by atoms with Crippen LogP contribution in [0, 0.1) is 5.92 Å². The van der Waals surface area contributed by atoms with Gasteiger partial charge in [-0.25, -0.2) is 0 Å². The van der Waals surface area contributed by atoms with Gasteiger partial charge in [0.15, 0.2) is 0 Å². The molecule has 3 atom stereocenters. The van der Waals surface area contributed by atoms with Gasteiger partial charge in [-0.3, -0.25) is 5.10 Å². The largest absolute Gasteiger partial charge is 0.285 e. The van der Waals surface area contributed by atoms with Crippen molar-refractivity contribution < 1.29 is 0 Å². The molecule has 0 bridgehead atoms. The molecule has 0 saturated carbocycles. The van der Waals surface area contributed by atoms with E-state index in [1.54, 1.807) is 0 Å². The molecule has 1 N–H and O–H groups in total. The van der Waals surface area contributed by atoms with Crippen LogP contribution in [-0.4, -0.2) is 20.4 Å². The molecule has 1 rings (SSSR count). The summed E-state index contributed by atoms with van der Waals surface area (Å²) in [6.07, 6.45) is 3.83. The van der Waals surface area contributed by atoms with E-state index in [0.29, 0.717) is 10.7 Å². The normalized spacial score (nSPS) is 17.7. The van der Waals surface area contributed by atoms with Gasteiger partial charge in [-0.15, -0.1) is 11.6 Å². The number of nitrogens with one attached hydrogen (secondary N) is 1. The maximum Gasteiger partial charge on any atom is 0.0633 e. The Hall–Kier alpha value is -0.0200. The minimum Gasteiger partial charge on any atom is -0.285 e. The van der Waals surface area contributed by atoms with Gasteiger partial charge >= 0.3 is 0 Å². The fourth-order valence-electron chi connectivity index (χ4n) is 1.47. The second-order valence-electron chi connectivity index (χ2n) is 3.78. The van der Waals surface area contributed by atoms with Crippen molar-refractivity contribution in [3.8, 4) is 0 Å². The Morgan fingerprint density at radius 3 is 2.79 bits per heavy atom. The first-order valence-electron chi connectivity index (χ1n) is 4.86. The lowest BCUT2D eigenvalue weighted by atomic mass is 9.99. The number of hydrogen-bond donors (Lipinski definition) is 1. The lowest BCUT2D eigenvalue weighted by Gasteiger charge is -2.18. The number of alkyl halides is 2. The van der Waals surface area contributed by atoms with E-state index in [4.69, 9.17) is 11.6 Å². The van der Waals surface area contributed by atoms with Crippen molar-refractivity contribution in [2.24, 2.45) is 5.92 Å². The minimum atomic E-state index is 0.240. The second-order valence-corrected chi connectivity index (χ2v) is 5.70. The summed E-state index contributed by atoms with van der Waals surface area (Å²) < 4.78 is 0. The first-order valence-corrected chi connectivity index (χ1v) is 6.21. The molecule has 80 valence electrons. The summed E-state index contributed by atoms with van der Waals surface area (Å²) >= 11 is 9.64. The fraction of sp³-hybridized carbons (Fsp3) is 0.700. The lowest BCUT2D eigenvalue weighted by molar-refractivity contribution is 0.506. The molecular weight excluding hydrogens is 263 g/mol. The molecule has 0 saturated heterocycles. The first kappa shape index (κ1) is 12.1. The Bertz CT molecular complexity index is 249. The third kappa shape index (κ3) is 4.01. The fourth-order valence-corrected chi connectivity index (χ4v) is 2.29. The van der Waals surface area contributed by atoms with Crippen molar-refractivity contribution in [3.05, 3.63) is 18.0 Å². The second kappa shape index (κ2) is 5.76. The van der Waals surface area contributed by atoms with Gasteiger partial charge in [-0.05, 0) is 25.3 Å². The third-order valence-electron chi connectivity index (χ3n) is 2.28. The Balaban J connectivity index is 2.37. The van der Waals surface area contributed by atoms with Gasteiger partial charge in [0.05, 0.1) is 5.69 Å². The number of halogens is 2. The predicted molar refractivity (Wildman–Crippen MR) is 64.1 cm³/mol. The van der Waals surface area contributed by atoms with Crippen molar-refractivity contribution in [1.29, 1.82) is 0 Å². The quantitative estimate of drug-likeness (QED) is 0.823. The Morgan fingerprint density at radius 2 is 2.29 bits per heavy atom. The Kier molecular flexibility index (Phi) is 4.96. The molecule has 0 spiro atoms. The number of H-pyrrole nitrogens is 1. The van der Waals surface area contributed by atoms with Crippen molar-refractivity contribution in [3.63, 3.8) is 0 Å². The standard InChI is InChI=1S/C10H16BrClN2/c1-7(5-8(2)12)10(11)6-9-3-4-13-14-9/h3-4,7-8,10H,5-6H2,1-2H3,(H,13,14). The molecule has 1 aromatic heterocycles. The van der Waals surface area contributed by atoms with Crippen LogP contribution in [0.3, 0.4) is 0 Å². The van der Waals surface area contributed by atoms with Gasteiger partial charge in [0.1, 0.15) is 0 Å². The van der Waals surface area contributed by atoms with Gasteiger partial charge in [-0.1, -0.05) is 22.9 Å². The predicted octanol–water partition coefficient (Wildman–Crippen LogP) is 3.37. The maximum absolute atomic E-state index is 5.96.